The Labute approximate surface area is 203 Å². The van der Waals surface area contributed by atoms with Gasteiger partial charge in [0.25, 0.3) is 0 Å². The summed E-state index contributed by atoms with van der Waals surface area (Å²) in [5, 5.41) is 3.95. The topological polar surface area (TPSA) is 66.5 Å². The molecular weight excluding hydrogens is 491 g/mol. The molecule has 0 bridgehead atoms. The van der Waals surface area contributed by atoms with Crippen molar-refractivity contribution in [3.63, 3.8) is 0 Å². The van der Waals surface area contributed by atoms with Crippen LogP contribution in [0.15, 0.2) is 65.6 Å². The zero-order valence-electron chi connectivity index (χ0n) is 17.4. The van der Waals surface area contributed by atoms with Gasteiger partial charge in [-0.1, -0.05) is 53.0 Å². The number of aryl methyl sites for hydroxylation is 1. The molecule has 0 fully saturated rings. The molecule has 0 heterocycles. The zero-order chi connectivity index (χ0) is 23.5. The van der Waals surface area contributed by atoms with Crippen LogP contribution < -0.4 is 5.32 Å². The SMILES string of the molecule is Cc1cccc(NC(=O)CN(Cc2ccc(Cl)cc2Cl)S(=O)(=O)c2ccc(Cl)cc2)c1C. The maximum atomic E-state index is 13.4. The summed E-state index contributed by atoms with van der Waals surface area (Å²) in [7, 11) is -4.03. The van der Waals surface area contributed by atoms with Crippen LogP contribution in [0.2, 0.25) is 15.1 Å². The number of anilines is 1. The average molecular weight is 512 g/mol. The second-order valence-corrected chi connectivity index (χ2v) is 10.5. The summed E-state index contributed by atoms with van der Waals surface area (Å²) in [5.41, 5.74) is 3.08. The van der Waals surface area contributed by atoms with Crippen molar-refractivity contribution in [2.24, 2.45) is 0 Å². The van der Waals surface area contributed by atoms with Gasteiger partial charge in [-0.15, -0.1) is 0 Å². The van der Waals surface area contributed by atoms with Crippen molar-refractivity contribution in [3.8, 4) is 0 Å². The van der Waals surface area contributed by atoms with Gasteiger partial charge in [-0.05, 0) is 73.0 Å². The normalized spacial score (nSPS) is 11.6. The van der Waals surface area contributed by atoms with Gasteiger partial charge in [-0.2, -0.15) is 4.31 Å². The summed E-state index contributed by atoms with van der Waals surface area (Å²) >= 11 is 18.1. The molecule has 0 aromatic heterocycles. The Hall–Kier alpha value is -2.09. The van der Waals surface area contributed by atoms with Crippen LogP contribution in [0.25, 0.3) is 0 Å². The number of carbonyl (C=O) groups is 1. The van der Waals surface area contributed by atoms with E-state index in [1.807, 2.05) is 26.0 Å². The van der Waals surface area contributed by atoms with Crippen molar-refractivity contribution in [1.29, 1.82) is 0 Å². The van der Waals surface area contributed by atoms with Crippen LogP contribution in [0.3, 0.4) is 0 Å². The van der Waals surface area contributed by atoms with Crippen LogP contribution in [-0.2, 0) is 21.4 Å². The average Bonchev–Trinajstić information content (AvgIpc) is 2.73. The van der Waals surface area contributed by atoms with Gasteiger partial charge >= 0.3 is 0 Å². The summed E-state index contributed by atoms with van der Waals surface area (Å²) in [4.78, 5) is 12.9. The summed E-state index contributed by atoms with van der Waals surface area (Å²) in [6, 6.07) is 16.1. The molecule has 0 spiro atoms. The first kappa shape index (κ1) is 24.6. The molecule has 3 aromatic rings. The number of nitrogens with zero attached hydrogens (tertiary/aromatic N) is 1. The first-order valence-electron chi connectivity index (χ1n) is 9.63. The molecule has 9 heteroatoms. The van der Waals surface area contributed by atoms with E-state index >= 15 is 0 Å². The molecule has 0 saturated carbocycles. The highest BCUT2D eigenvalue weighted by molar-refractivity contribution is 7.89. The van der Waals surface area contributed by atoms with Crippen LogP contribution >= 0.6 is 34.8 Å². The van der Waals surface area contributed by atoms with Crippen LogP contribution in [0.4, 0.5) is 5.69 Å². The molecule has 0 aliphatic heterocycles. The number of sulfonamides is 1. The molecule has 0 atom stereocenters. The van der Waals surface area contributed by atoms with Crippen molar-refractivity contribution in [1.82, 2.24) is 4.31 Å². The van der Waals surface area contributed by atoms with E-state index in [0.29, 0.717) is 26.3 Å². The van der Waals surface area contributed by atoms with E-state index in [2.05, 4.69) is 5.32 Å². The van der Waals surface area contributed by atoms with Gasteiger partial charge in [-0.25, -0.2) is 8.42 Å². The van der Waals surface area contributed by atoms with E-state index < -0.39 is 22.5 Å². The molecule has 0 unspecified atom stereocenters. The van der Waals surface area contributed by atoms with Crippen LogP contribution in [0.1, 0.15) is 16.7 Å². The maximum absolute atomic E-state index is 13.4. The van der Waals surface area contributed by atoms with Crippen LogP contribution in [0.5, 0.6) is 0 Å². The van der Waals surface area contributed by atoms with Crippen molar-refractivity contribution in [2.45, 2.75) is 25.3 Å². The van der Waals surface area contributed by atoms with Crippen LogP contribution in [0, 0.1) is 13.8 Å². The van der Waals surface area contributed by atoms with E-state index in [0.717, 1.165) is 15.4 Å². The van der Waals surface area contributed by atoms with Crippen LogP contribution in [-0.4, -0.2) is 25.2 Å². The molecule has 0 aliphatic rings. The van der Waals surface area contributed by atoms with Gasteiger partial charge in [0.1, 0.15) is 0 Å². The van der Waals surface area contributed by atoms with Gasteiger partial charge in [0.05, 0.1) is 11.4 Å². The number of halogens is 3. The number of nitrogens with one attached hydrogen (secondary N) is 1. The number of benzene rings is 3. The number of hydrogen-bond acceptors (Lipinski definition) is 3. The van der Waals surface area contributed by atoms with Crippen molar-refractivity contribution in [3.05, 3.63) is 92.4 Å². The van der Waals surface area contributed by atoms with E-state index in [1.54, 1.807) is 18.2 Å². The summed E-state index contributed by atoms with van der Waals surface area (Å²) < 4.78 is 27.8. The minimum atomic E-state index is -4.03. The Morgan fingerprint density at radius 2 is 1.59 bits per heavy atom. The minimum Gasteiger partial charge on any atom is -0.325 e. The summed E-state index contributed by atoms with van der Waals surface area (Å²) in [6.07, 6.45) is 0. The van der Waals surface area contributed by atoms with Gasteiger partial charge < -0.3 is 5.32 Å². The van der Waals surface area contributed by atoms with E-state index in [1.165, 1.54) is 30.3 Å². The molecule has 0 radical (unpaired) electrons. The molecule has 1 N–H and O–H groups in total. The maximum Gasteiger partial charge on any atom is 0.243 e. The van der Waals surface area contributed by atoms with E-state index in [4.69, 9.17) is 34.8 Å². The molecule has 0 aliphatic carbocycles. The van der Waals surface area contributed by atoms with E-state index in [-0.39, 0.29) is 11.4 Å². The Balaban J connectivity index is 1.93. The fraction of sp³-hybridized carbons (Fsp3) is 0.174. The Morgan fingerprint density at radius 3 is 2.25 bits per heavy atom. The first-order chi connectivity index (χ1) is 15.1. The molecule has 3 aromatic carbocycles. The van der Waals surface area contributed by atoms with Gasteiger partial charge in [0, 0.05) is 27.3 Å². The van der Waals surface area contributed by atoms with Crippen molar-refractivity contribution >= 4 is 56.4 Å². The predicted molar refractivity (Wildman–Crippen MR) is 130 cm³/mol. The Bertz CT molecular complexity index is 1250. The lowest BCUT2D eigenvalue weighted by Crippen LogP contribution is -2.37. The third-order valence-electron chi connectivity index (χ3n) is 5.01. The van der Waals surface area contributed by atoms with Gasteiger partial charge in [0.15, 0.2) is 0 Å². The summed E-state index contributed by atoms with van der Waals surface area (Å²) in [6.45, 7) is 3.31. The standard InChI is InChI=1S/C23H21Cl3N2O3S/c1-15-4-3-5-22(16(15)2)27-23(29)14-28(13-17-6-7-19(25)12-21(17)26)32(30,31)20-10-8-18(24)9-11-20/h3-12H,13-14H2,1-2H3,(H,27,29). The largest absolute Gasteiger partial charge is 0.325 e. The molecule has 1 amide bonds. The number of carbonyl (C=O) groups excluding carboxylic acids is 1. The molecule has 5 nitrogen and oxygen atoms in total. The zero-order valence-corrected chi connectivity index (χ0v) is 20.5. The van der Waals surface area contributed by atoms with Crippen molar-refractivity contribution < 1.29 is 13.2 Å². The lowest BCUT2D eigenvalue weighted by Gasteiger charge is -2.23. The number of rotatable bonds is 7. The highest BCUT2D eigenvalue weighted by atomic mass is 35.5. The smallest absolute Gasteiger partial charge is 0.243 e. The molecular formula is C23H21Cl3N2O3S. The Kier molecular flexibility index (Phi) is 7.85. The highest BCUT2D eigenvalue weighted by Crippen LogP contribution is 2.26. The molecule has 32 heavy (non-hydrogen) atoms. The second kappa shape index (κ2) is 10.2. The Morgan fingerprint density at radius 1 is 0.938 bits per heavy atom. The van der Waals surface area contributed by atoms with Crippen molar-refractivity contribution in [2.75, 3.05) is 11.9 Å². The van der Waals surface area contributed by atoms with Gasteiger partial charge in [-0.3, -0.25) is 4.79 Å². The van der Waals surface area contributed by atoms with E-state index in [9.17, 15) is 13.2 Å². The number of hydrogen-bond donors (Lipinski definition) is 1. The first-order valence-corrected chi connectivity index (χ1v) is 12.2. The minimum absolute atomic E-state index is 0.0199. The fourth-order valence-corrected chi connectivity index (χ4v) is 5.03. The molecule has 0 saturated heterocycles. The van der Waals surface area contributed by atoms with Gasteiger partial charge in [0.2, 0.25) is 15.9 Å². The highest BCUT2D eigenvalue weighted by Gasteiger charge is 2.28. The quantitative estimate of drug-likeness (QED) is 0.417. The lowest BCUT2D eigenvalue weighted by atomic mass is 10.1. The third kappa shape index (κ3) is 5.82. The number of amides is 1. The summed E-state index contributed by atoms with van der Waals surface area (Å²) in [5.74, 6) is -0.471. The molecule has 168 valence electrons. The third-order valence-corrected chi connectivity index (χ3v) is 7.66. The second-order valence-electron chi connectivity index (χ2n) is 7.26. The molecule has 3 rings (SSSR count). The predicted octanol–water partition coefficient (Wildman–Crippen LogP) is 6.09. The fourth-order valence-electron chi connectivity index (χ4n) is 3.06. The monoisotopic (exact) mass is 510 g/mol. The lowest BCUT2D eigenvalue weighted by molar-refractivity contribution is -0.116.